The fourth-order valence-electron chi connectivity index (χ4n) is 6.03. The molecule has 5 aliphatic rings. The van der Waals surface area contributed by atoms with E-state index in [0.717, 1.165) is 35.5 Å². The fourth-order valence-corrected chi connectivity index (χ4v) is 7.12. The molecular formula is C27H27N3O4S. The number of hydrogen-bond acceptors (Lipinski definition) is 7. The molecule has 7 rings (SSSR count). The average molecular weight is 490 g/mol. The largest absolute Gasteiger partial charge is 0.493 e. The zero-order chi connectivity index (χ0) is 23.7. The van der Waals surface area contributed by atoms with Crippen LogP contribution in [0, 0.1) is 11.8 Å². The smallest absolute Gasteiger partial charge is 0.251 e. The van der Waals surface area contributed by atoms with E-state index in [2.05, 4.69) is 41.4 Å². The second-order valence-corrected chi connectivity index (χ2v) is 11.1. The van der Waals surface area contributed by atoms with Gasteiger partial charge in [-0.2, -0.15) is 5.01 Å². The van der Waals surface area contributed by atoms with Crippen LogP contribution in [-0.4, -0.2) is 63.7 Å². The highest BCUT2D eigenvalue weighted by atomic mass is 32.2. The van der Waals surface area contributed by atoms with Crippen molar-refractivity contribution < 1.29 is 19.4 Å². The van der Waals surface area contributed by atoms with E-state index in [9.17, 15) is 14.7 Å². The second kappa shape index (κ2) is 8.11. The highest BCUT2D eigenvalue weighted by molar-refractivity contribution is 7.98. The third-order valence-corrected chi connectivity index (χ3v) is 9.20. The number of hydrazine groups is 1. The summed E-state index contributed by atoms with van der Waals surface area (Å²) in [6.07, 6.45) is 3.68. The lowest BCUT2D eigenvalue weighted by atomic mass is 9.92. The first kappa shape index (κ1) is 21.5. The van der Waals surface area contributed by atoms with Gasteiger partial charge in [-0.15, -0.1) is 11.8 Å². The molecule has 0 spiro atoms. The molecule has 0 radical (unpaired) electrons. The first-order valence-corrected chi connectivity index (χ1v) is 13.3. The standard InChI is InChI=1S/C27H27N3O4S/c31-20-9-11-29-25(26(20)32)27(33)28-10-8-16-12-18(16)13-34-21-6-3-4-17-14-35-22-7-2-1-5-19(22)24(23(17)21)30(29)15-28/h1-7,9,11,16,18,24-26,32H,8,10,12-15H2/t16-,18+,24-,25?,26?/m1/s1. The Bertz CT molecular complexity index is 1250. The van der Waals surface area contributed by atoms with Gasteiger partial charge in [0.05, 0.1) is 19.3 Å². The summed E-state index contributed by atoms with van der Waals surface area (Å²) < 4.78 is 6.51. The van der Waals surface area contributed by atoms with Crippen LogP contribution in [0.1, 0.15) is 35.6 Å². The summed E-state index contributed by atoms with van der Waals surface area (Å²) in [6.45, 7) is 1.69. The molecule has 3 unspecified atom stereocenters. The molecule has 4 aliphatic heterocycles. The Morgan fingerprint density at radius 1 is 1.06 bits per heavy atom. The Balaban J connectivity index is 1.45. The highest BCUT2D eigenvalue weighted by Gasteiger charge is 2.50. The van der Waals surface area contributed by atoms with Gasteiger partial charge < -0.3 is 14.7 Å². The minimum atomic E-state index is -1.39. The van der Waals surface area contributed by atoms with Crippen molar-refractivity contribution in [3.05, 3.63) is 71.4 Å². The number of carbonyl (C=O) groups is 2. The van der Waals surface area contributed by atoms with E-state index in [-0.39, 0.29) is 11.9 Å². The lowest BCUT2D eigenvalue weighted by Gasteiger charge is -2.52. The van der Waals surface area contributed by atoms with Crippen LogP contribution in [0.15, 0.2) is 59.6 Å². The summed E-state index contributed by atoms with van der Waals surface area (Å²) in [4.78, 5) is 29.1. The zero-order valence-corrected chi connectivity index (χ0v) is 20.1. The Morgan fingerprint density at radius 2 is 1.94 bits per heavy atom. The summed E-state index contributed by atoms with van der Waals surface area (Å²) in [6, 6.07) is 13.5. The van der Waals surface area contributed by atoms with Crippen molar-refractivity contribution in [2.75, 3.05) is 19.8 Å². The van der Waals surface area contributed by atoms with E-state index >= 15 is 0 Å². The normalized spacial score (nSPS) is 33.2. The van der Waals surface area contributed by atoms with E-state index in [1.807, 2.05) is 22.7 Å². The monoisotopic (exact) mass is 489 g/mol. The van der Waals surface area contributed by atoms with Gasteiger partial charge in [0.2, 0.25) is 0 Å². The molecule has 6 atom stereocenters. The van der Waals surface area contributed by atoms with Crippen molar-refractivity contribution in [1.82, 2.24) is 14.9 Å². The van der Waals surface area contributed by atoms with E-state index < -0.39 is 17.9 Å². The lowest BCUT2D eigenvalue weighted by Crippen LogP contribution is -2.68. The predicted octanol–water partition coefficient (Wildman–Crippen LogP) is 2.94. The van der Waals surface area contributed by atoms with Crippen LogP contribution in [0.4, 0.5) is 0 Å². The predicted molar refractivity (Wildman–Crippen MR) is 130 cm³/mol. The molecule has 2 fully saturated rings. The molecule has 2 aromatic carbocycles. The number of carbonyl (C=O) groups excluding carboxylic acids is 2. The second-order valence-electron chi connectivity index (χ2n) is 10.1. The Labute approximate surface area is 208 Å². The van der Waals surface area contributed by atoms with E-state index in [0.29, 0.717) is 31.7 Å². The van der Waals surface area contributed by atoms with Crippen LogP contribution in [0.2, 0.25) is 0 Å². The number of fused-ring (bicyclic) bond motifs is 8. The molecule has 180 valence electrons. The number of ketones is 1. The number of benzene rings is 2. The quantitative estimate of drug-likeness (QED) is 0.610. The maximum absolute atomic E-state index is 13.6. The fraction of sp³-hybridized carbons (Fsp3) is 0.407. The SMILES string of the molecule is O=C1C=CN2C(C(=O)N3CC[C@@H]4C[C@H]4COc4cccc5c4[C@@H](c4ccccc4SC5)N2C3)C1O. The van der Waals surface area contributed by atoms with Gasteiger partial charge in [-0.1, -0.05) is 30.3 Å². The number of aliphatic hydroxyl groups excluding tert-OH is 1. The minimum absolute atomic E-state index is 0.179. The molecule has 1 N–H and O–H groups in total. The third-order valence-electron chi connectivity index (χ3n) is 8.06. The number of amides is 1. The molecule has 1 saturated carbocycles. The molecule has 2 bridgehead atoms. The lowest BCUT2D eigenvalue weighted by molar-refractivity contribution is -0.185. The molecule has 2 aromatic rings. The maximum Gasteiger partial charge on any atom is 0.251 e. The van der Waals surface area contributed by atoms with Crippen molar-refractivity contribution in [2.24, 2.45) is 11.8 Å². The summed E-state index contributed by atoms with van der Waals surface area (Å²) in [5.74, 6) is 2.15. The number of nitrogens with zero attached hydrogens (tertiary/aromatic N) is 3. The van der Waals surface area contributed by atoms with E-state index in [1.54, 1.807) is 11.2 Å². The van der Waals surface area contributed by atoms with Crippen LogP contribution < -0.4 is 4.74 Å². The van der Waals surface area contributed by atoms with Crippen molar-refractivity contribution in [2.45, 2.75) is 41.7 Å². The molecule has 1 aliphatic carbocycles. The van der Waals surface area contributed by atoms with Gasteiger partial charge in [0.25, 0.3) is 5.91 Å². The summed E-state index contributed by atoms with van der Waals surface area (Å²) in [5, 5.41) is 14.8. The van der Waals surface area contributed by atoms with Gasteiger partial charge in [-0.3, -0.25) is 14.6 Å². The molecule has 1 saturated heterocycles. The van der Waals surface area contributed by atoms with Gasteiger partial charge >= 0.3 is 0 Å². The Kier molecular flexibility index (Phi) is 4.98. The Hall–Kier alpha value is -2.81. The van der Waals surface area contributed by atoms with Crippen molar-refractivity contribution in [1.29, 1.82) is 0 Å². The summed E-state index contributed by atoms with van der Waals surface area (Å²) >= 11 is 1.81. The topological polar surface area (TPSA) is 73.3 Å². The molecule has 4 heterocycles. The number of aliphatic hydroxyl groups is 1. The minimum Gasteiger partial charge on any atom is -0.493 e. The van der Waals surface area contributed by atoms with Crippen LogP contribution in [0.25, 0.3) is 0 Å². The van der Waals surface area contributed by atoms with E-state index in [1.165, 1.54) is 16.5 Å². The van der Waals surface area contributed by atoms with Crippen molar-refractivity contribution >= 4 is 23.5 Å². The van der Waals surface area contributed by atoms with E-state index in [4.69, 9.17) is 4.74 Å². The molecule has 35 heavy (non-hydrogen) atoms. The third kappa shape index (κ3) is 3.42. The van der Waals surface area contributed by atoms with Gasteiger partial charge in [0.1, 0.15) is 11.9 Å². The number of ether oxygens (including phenoxy) is 1. The van der Waals surface area contributed by atoms with Crippen LogP contribution in [-0.2, 0) is 15.3 Å². The van der Waals surface area contributed by atoms with Gasteiger partial charge in [-0.25, -0.2) is 0 Å². The number of thioether (sulfide) groups is 1. The number of rotatable bonds is 0. The zero-order valence-electron chi connectivity index (χ0n) is 19.2. The van der Waals surface area contributed by atoms with Crippen molar-refractivity contribution in [3.63, 3.8) is 0 Å². The molecule has 0 aromatic heterocycles. The van der Waals surface area contributed by atoms with Gasteiger partial charge in [0.15, 0.2) is 11.8 Å². The average Bonchev–Trinajstić information content (AvgIpc) is 3.65. The van der Waals surface area contributed by atoms with Gasteiger partial charge in [0, 0.05) is 35.0 Å². The molecular weight excluding hydrogens is 462 g/mol. The first-order chi connectivity index (χ1) is 17.1. The molecule has 7 nitrogen and oxygen atoms in total. The van der Waals surface area contributed by atoms with Crippen LogP contribution in [0.5, 0.6) is 5.75 Å². The summed E-state index contributed by atoms with van der Waals surface area (Å²) in [7, 11) is 0. The highest BCUT2D eigenvalue weighted by Crippen LogP contribution is 2.49. The van der Waals surface area contributed by atoms with Crippen LogP contribution in [0.3, 0.4) is 0 Å². The van der Waals surface area contributed by atoms with Crippen molar-refractivity contribution in [3.8, 4) is 5.75 Å². The Morgan fingerprint density at radius 3 is 2.86 bits per heavy atom. The number of hydrogen-bond donors (Lipinski definition) is 1. The van der Waals surface area contributed by atoms with Gasteiger partial charge in [-0.05, 0) is 47.9 Å². The van der Waals surface area contributed by atoms with Crippen LogP contribution >= 0.6 is 11.8 Å². The summed E-state index contributed by atoms with van der Waals surface area (Å²) in [5.41, 5.74) is 3.45. The first-order valence-electron chi connectivity index (χ1n) is 12.3. The molecule has 1 amide bonds. The maximum atomic E-state index is 13.6. The molecule has 8 heteroatoms.